The fourth-order valence-electron chi connectivity index (χ4n) is 2.08. The van der Waals surface area contributed by atoms with Crippen LogP contribution >= 0.6 is 0 Å². The molecule has 1 saturated carbocycles. The fraction of sp³-hybridized carbons (Fsp3) is 1.00. The Morgan fingerprint density at radius 1 is 1.14 bits per heavy atom. The normalized spacial score (nSPS) is 27.0. The van der Waals surface area contributed by atoms with Gasteiger partial charge in [-0.3, -0.25) is 0 Å². The summed E-state index contributed by atoms with van der Waals surface area (Å²) in [6.07, 6.45) is 6.40. The second kappa shape index (κ2) is 7.21. The van der Waals surface area contributed by atoms with Crippen LogP contribution in [-0.4, -0.2) is 36.0 Å². The van der Waals surface area contributed by atoms with Crippen molar-refractivity contribution in [3.63, 3.8) is 0 Å². The van der Waals surface area contributed by atoms with Crippen molar-refractivity contribution in [2.45, 2.75) is 44.6 Å². The molecule has 3 N–H and O–H groups in total. The van der Waals surface area contributed by atoms with Crippen LogP contribution in [0.5, 0.6) is 0 Å². The number of aliphatic hydroxyl groups is 2. The van der Waals surface area contributed by atoms with E-state index in [-0.39, 0.29) is 6.10 Å². The number of nitrogens with one attached hydrogen (secondary N) is 1. The van der Waals surface area contributed by atoms with Crippen molar-refractivity contribution >= 4 is 0 Å². The molecule has 0 aromatic rings. The van der Waals surface area contributed by atoms with Crippen LogP contribution in [0.3, 0.4) is 0 Å². The van der Waals surface area contributed by atoms with Crippen LogP contribution < -0.4 is 5.32 Å². The zero-order valence-corrected chi connectivity index (χ0v) is 8.91. The summed E-state index contributed by atoms with van der Waals surface area (Å²) in [7, 11) is 0. The summed E-state index contributed by atoms with van der Waals surface area (Å²) < 4.78 is 0. The molecular formula is C11H23NO2. The minimum atomic E-state index is -0.0695. The summed E-state index contributed by atoms with van der Waals surface area (Å²) >= 11 is 0. The van der Waals surface area contributed by atoms with E-state index in [9.17, 15) is 5.11 Å². The maximum atomic E-state index is 9.56. The molecule has 14 heavy (non-hydrogen) atoms. The Balaban J connectivity index is 1.88. The lowest BCUT2D eigenvalue weighted by Crippen LogP contribution is -2.28. The largest absolute Gasteiger partial charge is 0.396 e. The lowest BCUT2D eigenvalue weighted by Gasteiger charge is -2.14. The zero-order valence-electron chi connectivity index (χ0n) is 8.91. The second-order valence-electron chi connectivity index (χ2n) is 4.25. The molecule has 0 aromatic heterocycles. The molecule has 0 saturated heterocycles. The van der Waals surface area contributed by atoms with Gasteiger partial charge < -0.3 is 15.5 Å². The highest BCUT2D eigenvalue weighted by atomic mass is 16.3. The fourth-order valence-corrected chi connectivity index (χ4v) is 2.08. The minimum Gasteiger partial charge on any atom is -0.396 e. The molecule has 1 rings (SSSR count). The van der Waals surface area contributed by atoms with E-state index in [4.69, 9.17) is 5.11 Å². The van der Waals surface area contributed by atoms with Crippen molar-refractivity contribution in [2.75, 3.05) is 19.7 Å². The van der Waals surface area contributed by atoms with E-state index < -0.39 is 0 Å². The molecule has 0 heterocycles. The molecule has 0 aliphatic heterocycles. The smallest absolute Gasteiger partial charge is 0.0580 e. The highest BCUT2D eigenvalue weighted by Gasteiger charge is 2.24. The zero-order chi connectivity index (χ0) is 10.2. The van der Waals surface area contributed by atoms with Crippen LogP contribution in [0, 0.1) is 5.92 Å². The third kappa shape index (κ3) is 4.40. The summed E-state index contributed by atoms with van der Waals surface area (Å²) in [6.45, 7) is 2.28. The van der Waals surface area contributed by atoms with E-state index in [2.05, 4.69) is 5.32 Å². The van der Waals surface area contributed by atoms with Crippen LogP contribution in [0.25, 0.3) is 0 Å². The molecule has 2 atom stereocenters. The van der Waals surface area contributed by atoms with Gasteiger partial charge in [0.25, 0.3) is 0 Å². The van der Waals surface area contributed by atoms with Gasteiger partial charge >= 0.3 is 0 Å². The Labute approximate surface area is 86.5 Å². The van der Waals surface area contributed by atoms with Gasteiger partial charge in [0, 0.05) is 13.2 Å². The average molecular weight is 201 g/mol. The Hall–Kier alpha value is -0.120. The first-order valence-electron chi connectivity index (χ1n) is 5.84. The van der Waals surface area contributed by atoms with Gasteiger partial charge in [0.05, 0.1) is 6.10 Å². The predicted molar refractivity (Wildman–Crippen MR) is 57.2 cm³/mol. The van der Waals surface area contributed by atoms with Gasteiger partial charge in [-0.2, -0.15) is 0 Å². The molecule has 0 amide bonds. The maximum Gasteiger partial charge on any atom is 0.0580 e. The maximum absolute atomic E-state index is 9.56. The lowest BCUT2D eigenvalue weighted by atomic mass is 10.1. The SMILES string of the molecule is OCCCCCNCC1CCCC1O. The lowest BCUT2D eigenvalue weighted by molar-refractivity contribution is 0.131. The Morgan fingerprint density at radius 3 is 2.64 bits per heavy atom. The molecule has 0 spiro atoms. The molecule has 2 unspecified atom stereocenters. The van der Waals surface area contributed by atoms with E-state index in [1.165, 1.54) is 12.8 Å². The van der Waals surface area contributed by atoms with Gasteiger partial charge in [-0.1, -0.05) is 6.42 Å². The van der Waals surface area contributed by atoms with Gasteiger partial charge in [0.2, 0.25) is 0 Å². The highest BCUT2D eigenvalue weighted by molar-refractivity contribution is 4.77. The summed E-state index contributed by atoms with van der Waals surface area (Å²) in [5.74, 6) is 0.479. The first-order valence-corrected chi connectivity index (χ1v) is 5.84. The summed E-state index contributed by atoms with van der Waals surface area (Å²) in [6, 6.07) is 0. The van der Waals surface area contributed by atoms with Crippen molar-refractivity contribution in [3.05, 3.63) is 0 Å². The van der Waals surface area contributed by atoms with E-state index in [1.807, 2.05) is 0 Å². The highest BCUT2D eigenvalue weighted by Crippen LogP contribution is 2.24. The van der Waals surface area contributed by atoms with Gasteiger partial charge in [-0.25, -0.2) is 0 Å². The van der Waals surface area contributed by atoms with Crippen molar-refractivity contribution in [3.8, 4) is 0 Å². The van der Waals surface area contributed by atoms with Gasteiger partial charge in [0.1, 0.15) is 0 Å². The van der Waals surface area contributed by atoms with Crippen LogP contribution in [-0.2, 0) is 0 Å². The van der Waals surface area contributed by atoms with Crippen molar-refractivity contribution in [1.82, 2.24) is 5.32 Å². The number of hydrogen-bond donors (Lipinski definition) is 3. The Kier molecular flexibility index (Phi) is 6.15. The van der Waals surface area contributed by atoms with E-state index in [0.29, 0.717) is 12.5 Å². The molecule has 0 aromatic carbocycles. The Bertz CT molecular complexity index is 141. The molecule has 1 aliphatic rings. The standard InChI is InChI=1S/C11H23NO2/c13-8-3-1-2-7-12-9-10-5-4-6-11(10)14/h10-14H,1-9H2. The van der Waals surface area contributed by atoms with Crippen LogP contribution in [0.2, 0.25) is 0 Å². The second-order valence-corrected chi connectivity index (χ2v) is 4.25. The van der Waals surface area contributed by atoms with E-state index >= 15 is 0 Å². The van der Waals surface area contributed by atoms with Crippen molar-refractivity contribution in [1.29, 1.82) is 0 Å². The third-order valence-electron chi connectivity index (χ3n) is 3.04. The summed E-state index contributed by atoms with van der Waals surface area (Å²) in [5.41, 5.74) is 0. The van der Waals surface area contributed by atoms with E-state index in [1.54, 1.807) is 0 Å². The molecule has 3 nitrogen and oxygen atoms in total. The molecule has 0 bridgehead atoms. The minimum absolute atomic E-state index is 0.0695. The van der Waals surface area contributed by atoms with Crippen molar-refractivity contribution in [2.24, 2.45) is 5.92 Å². The number of rotatable bonds is 7. The molecule has 0 radical (unpaired) electrons. The van der Waals surface area contributed by atoms with Gasteiger partial charge in [-0.05, 0) is 44.6 Å². The molecule has 1 fully saturated rings. The molecular weight excluding hydrogens is 178 g/mol. The van der Waals surface area contributed by atoms with Crippen molar-refractivity contribution < 1.29 is 10.2 Å². The van der Waals surface area contributed by atoms with Gasteiger partial charge in [0.15, 0.2) is 0 Å². The van der Waals surface area contributed by atoms with Crippen LogP contribution in [0.1, 0.15) is 38.5 Å². The third-order valence-corrected chi connectivity index (χ3v) is 3.04. The van der Waals surface area contributed by atoms with Crippen LogP contribution in [0.15, 0.2) is 0 Å². The monoisotopic (exact) mass is 201 g/mol. The molecule has 84 valence electrons. The summed E-state index contributed by atoms with van der Waals surface area (Å²) in [4.78, 5) is 0. The van der Waals surface area contributed by atoms with Gasteiger partial charge in [-0.15, -0.1) is 0 Å². The first-order chi connectivity index (χ1) is 6.84. The predicted octanol–water partition coefficient (Wildman–Crippen LogP) is 0.900. The van der Waals surface area contributed by atoms with Crippen LogP contribution in [0.4, 0.5) is 0 Å². The quantitative estimate of drug-likeness (QED) is 0.536. The van der Waals surface area contributed by atoms with E-state index in [0.717, 1.165) is 38.8 Å². The first kappa shape index (κ1) is 12.0. The topological polar surface area (TPSA) is 52.5 Å². The Morgan fingerprint density at radius 2 is 2.00 bits per heavy atom. The number of aliphatic hydroxyl groups excluding tert-OH is 2. The molecule has 1 aliphatic carbocycles. The number of unbranched alkanes of at least 4 members (excludes halogenated alkanes) is 2. The average Bonchev–Trinajstić information content (AvgIpc) is 2.58. The number of hydrogen-bond acceptors (Lipinski definition) is 3. The molecule has 3 heteroatoms. The summed E-state index contributed by atoms with van der Waals surface area (Å²) in [5, 5.41) is 21.5.